The second-order valence-electron chi connectivity index (χ2n) is 3.83. The molecule has 0 aromatic carbocycles. The molecule has 0 amide bonds. The van der Waals surface area contributed by atoms with Crippen molar-refractivity contribution < 1.29 is 0 Å². The van der Waals surface area contributed by atoms with Crippen molar-refractivity contribution in [2.75, 3.05) is 13.1 Å². The van der Waals surface area contributed by atoms with Gasteiger partial charge in [0, 0.05) is 19.6 Å². The standard InChI is InChI=1S/C11H16ClN3/c1-3-15-11(4-8(2)14-15)9-5-10(12)7-13-6-9/h4-5,10,13H,3,6-7H2,1-2H3. The third kappa shape index (κ3) is 2.24. The van der Waals surface area contributed by atoms with Crippen LogP contribution in [0.1, 0.15) is 18.3 Å². The van der Waals surface area contributed by atoms with Crippen molar-refractivity contribution in [2.45, 2.75) is 25.8 Å². The predicted molar refractivity (Wildman–Crippen MR) is 63.1 cm³/mol. The Kier molecular flexibility index (Phi) is 3.12. The van der Waals surface area contributed by atoms with Crippen molar-refractivity contribution in [3.63, 3.8) is 0 Å². The Labute approximate surface area is 95.1 Å². The highest BCUT2D eigenvalue weighted by Crippen LogP contribution is 2.19. The van der Waals surface area contributed by atoms with E-state index in [0.29, 0.717) is 0 Å². The molecule has 82 valence electrons. The molecule has 3 nitrogen and oxygen atoms in total. The Morgan fingerprint density at radius 2 is 2.47 bits per heavy atom. The molecule has 0 radical (unpaired) electrons. The SMILES string of the molecule is CCn1nc(C)cc1C1=CC(Cl)CNC1. The average Bonchev–Trinajstić information content (AvgIpc) is 2.59. The molecule has 0 bridgehead atoms. The number of rotatable bonds is 2. The van der Waals surface area contributed by atoms with Crippen molar-refractivity contribution in [1.29, 1.82) is 0 Å². The summed E-state index contributed by atoms with van der Waals surface area (Å²) in [6.07, 6.45) is 2.13. The lowest BCUT2D eigenvalue weighted by Crippen LogP contribution is -2.29. The molecule has 1 atom stereocenters. The summed E-state index contributed by atoms with van der Waals surface area (Å²) in [6, 6.07) is 2.12. The van der Waals surface area contributed by atoms with E-state index in [-0.39, 0.29) is 5.38 Å². The summed E-state index contributed by atoms with van der Waals surface area (Å²) in [5.74, 6) is 0. The van der Waals surface area contributed by atoms with Crippen molar-refractivity contribution in [1.82, 2.24) is 15.1 Å². The Balaban J connectivity index is 2.35. The molecule has 1 aliphatic heterocycles. The van der Waals surface area contributed by atoms with Crippen molar-refractivity contribution in [2.24, 2.45) is 0 Å². The zero-order valence-electron chi connectivity index (χ0n) is 9.13. The van der Waals surface area contributed by atoms with Gasteiger partial charge in [0.25, 0.3) is 0 Å². The van der Waals surface area contributed by atoms with Crippen LogP contribution in [0.25, 0.3) is 5.57 Å². The molecule has 1 aromatic heterocycles. The van der Waals surface area contributed by atoms with Crippen LogP contribution in [0.3, 0.4) is 0 Å². The first kappa shape index (κ1) is 10.7. The maximum atomic E-state index is 6.10. The van der Waals surface area contributed by atoms with Gasteiger partial charge < -0.3 is 5.32 Å². The fourth-order valence-corrected chi connectivity index (χ4v) is 2.16. The highest BCUT2D eigenvalue weighted by atomic mass is 35.5. The summed E-state index contributed by atoms with van der Waals surface area (Å²) in [5.41, 5.74) is 3.50. The van der Waals surface area contributed by atoms with E-state index in [0.717, 1.165) is 25.3 Å². The van der Waals surface area contributed by atoms with E-state index < -0.39 is 0 Å². The van der Waals surface area contributed by atoms with Gasteiger partial charge in [-0.15, -0.1) is 11.6 Å². The van der Waals surface area contributed by atoms with Crippen molar-refractivity contribution in [3.8, 4) is 0 Å². The highest BCUT2D eigenvalue weighted by molar-refractivity contribution is 6.22. The van der Waals surface area contributed by atoms with Crippen LogP contribution >= 0.6 is 11.6 Å². The number of halogens is 1. The molecule has 0 saturated heterocycles. The van der Waals surface area contributed by atoms with E-state index in [2.05, 4.69) is 29.5 Å². The molecule has 15 heavy (non-hydrogen) atoms. The summed E-state index contributed by atoms with van der Waals surface area (Å²) in [6.45, 7) is 6.75. The zero-order chi connectivity index (χ0) is 10.8. The minimum atomic E-state index is 0.0919. The molecule has 1 N–H and O–H groups in total. The average molecular weight is 226 g/mol. The zero-order valence-corrected chi connectivity index (χ0v) is 9.88. The molecule has 2 heterocycles. The van der Waals surface area contributed by atoms with E-state index in [1.807, 2.05) is 11.6 Å². The lowest BCUT2D eigenvalue weighted by molar-refractivity contribution is 0.638. The molecular weight excluding hydrogens is 210 g/mol. The molecule has 1 unspecified atom stereocenters. The van der Waals surface area contributed by atoms with Crippen LogP contribution in [-0.2, 0) is 6.54 Å². The summed E-state index contributed by atoms with van der Waals surface area (Å²) in [4.78, 5) is 0. The first-order chi connectivity index (χ1) is 7.20. The van der Waals surface area contributed by atoms with E-state index in [9.17, 15) is 0 Å². The number of nitrogens with one attached hydrogen (secondary N) is 1. The third-order valence-electron chi connectivity index (χ3n) is 2.57. The Morgan fingerprint density at radius 3 is 3.13 bits per heavy atom. The van der Waals surface area contributed by atoms with Gasteiger partial charge in [-0.3, -0.25) is 4.68 Å². The lowest BCUT2D eigenvalue weighted by atomic mass is 10.1. The second kappa shape index (κ2) is 4.37. The van der Waals surface area contributed by atoms with Gasteiger partial charge in [0.15, 0.2) is 0 Å². The van der Waals surface area contributed by atoms with Crippen LogP contribution in [0.5, 0.6) is 0 Å². The van der Waals surface area contributed by atoms with Gasteiger partial charge in [0.1, 0.15) is 0 Å². The Morgan fingerprint density at radius 1 is 1.67 bits per heavy atom. The molecule has 2 rings (SSSR count). The molecule has 0 saturated carbocycles. The van der Waals surface area contributed by atoms with Crippen LogP contribution in [-0.4, -0.2) is 28.2 Å². The lowest BCUT2D eigenvalue weighted by Gasteiger charge is -2.18. The molecular formula is C11H16ClN3. The minimum absolute atomic E-state index is 0.0919. The summed E-state index contributed by atoms with van der Waals surface area (Å²) in [5, 5.41) is 7.83. The van der Waals surface area contributed by atoms with Crippen LogP contribution in [0, 0.1) is 6.92 Å². The van der Waals surface area contributed by atoms with E-state index in [4.69, 9.17) is 11.6 Å². The van der Waals surface area contributed by atoms with Crippen molar-refractivity contribution >= 4 is 17.2 Å². The minimum Gasteiger partial charge on any atom is -0.311 e. The first-order valence-electron chi connectivity index (χ1n) is 5.31. The number of nitrogens with zero attached hydrogens (tertiary/aromatic N) is 2. The van der Waals surface area contributed by atoms with Gasteiger partial charge >= 0.3 is 0 Å². The summed E-state index contributed by atoms with van der Waals surface area (Å²) >= 11 is 6.10. The monoisotopic (exact) mass is 225 g/mol. The Bertz CT molecular complexity index is 381. The van der Waals surface area contributed by atoms with Gasteiger partial charge in [-0.05, 0) is 25.5 Å². The molecule has 1 aromatic rings. The van der Waals surface area contributed by atoms with E-state index in [1.54, 1.807) is 0 Å². The highest BCUT2D eigenvalue weighted by Gasteiger charge is 2.15. The smallest absolute Gasteiger partial charge is 0.0654 e. The van der Waals surface area contributed by atoms with Gasteiger partial charge in [0.2, 0.25) is 0 Å². The van der Waals surface area contributed by atoms with Crippen LogP contribution in [0.4, 0.5) is 0 Å². The second-order valence-corrected chi connectivity index (χ2v) is 4.39. The molecule has 0 aliphatic carbocycles. The summed E-state index contributed by atoms with van der Waals surface area (Å²) in [7, 11) is 0. The van der Waals surface area contributed by atoms with Gasteiger partial charge in [0.05, 0.1) is 16.8 Å². The van der Waals surface area contributed by atoms with Crippen LogP contribution < -0.4 is 5.32 Å². The number of aromatic nitrogens is 2. The quantitative estimate of drug-likeness (QED) is 0.778. The fourth-order valence-electron chi connectivity index (χ4n) is 1.90. The summed E-state index contributed by atoms with van der Waals surface area (Å²) < 4.78 is 2.03. The normalized spacial score (nSPS) is 21.5. The van der Waals surface area contributed by atoms with Gasteiger partial charge in [-0.2, -0.15) is 5.10 Å². The van der Waals surface area contributed by atoms with E-state index in [1.165, 1.54) is 11.3 Å². The Hall–Kier alpha value is -0.800. The maximum Gasteiger partial charge on any atom is 0.0654 e. The number of aryl methyl sites for hydroxylation is 2. The number of alkyl halides is 1. The van der Waals surface area contributed by atoms with Crippen molar-refractivity contribution in [3.05, 3.63) is 23.5 Å². The predicted octanol–water partition coefficient (Wildman–Crippen LogP) is 1.81. The maximum absolute atomic E-state index is 6.10. The first-order valence-corrected chi connectivity index (χ1v) is 5.74. The van der Waals surface area contributed by atoms with E-state index >= 15 is 0 Å². The van der Waals surface area contributed by atoms with Crippen LogP contribution in [0.15, 0.2) is 12.1 Å². The van der Waals surface area contributed by atoms with Gasteiger partial charge in [-0.1, -0.05) is 6.08 Å². The topological polar surface area (TPSA) is 29.9 Å². The molecule has 4 heteroatoms. The fraction of sp³-hybridized carbons (Fsp3) is 0.545. The largest absolute Gasteiger partial charge is 0.311 e. The number of hydrogen-bond donors (Lipinski definition) is 1. The third-order valence-corrected chi connectivity index (χ3v) is 2.85. The molecule has 0 fully saturated rings. The van der Waals surface area contributed by atoms with Gasteiger partial charge in [-0.25, -0.2) is 0 Å². The van der Waals surface area contributed by atoms with Crippen LogP contribution in [0.2, 0.25) is 0 Å². The molecule has 0 spiro atoms. The number of hydrogen-bond acceptors (Lipinski definition) is 2. The molecule has 1 aliphatic rings.